The first kappa shape index (κ1) is 34.1. The minimum atomic E-state index is 0.694. The molecule has 2 heterocycles. The molecule has 0 radical (unpaired) electrons. The standard InChI is InChI=1S/C36H43N2O5S2/c1-27-23-33(40-3)31(34(24-27)41-4)9-7-28-11-15-37(16-12-28)19-21-44-45-22-20-38-17-13-29(14-18-38)8-10-32-35(42-5)25-30(39-2)26-36(32)43-6/h7-15,17-18,23-26H,16,19-22H2,1-6H3/q+1/p+1/b9-7+,10-8+. The van der Waals surface area contributed by atoms with Gasteiger partial charge < -0.3 is 28.6 Å². The first-order valence-electron chi connectivity index (χ1n) is 14.8. The largest absolute Gasteiger partial charge is 0.496 e. The molecule has 0 saturated heterocycles. The summed E-state index contributed by atoms with van der Waals surface area (Å²) in [5.74, 6) is 5.90. The summed E-state index contributed by atoms with van der Waals surface area (Å²) in [4.78, 5) is 1.47. The van der Waals surface area contributed by atoms with Crippen LogP contribution in [0.25, 0.3) is 18.2 Å². The van der Waals surface area contributed by atoms with Crippen molar-refractivity contribution in [2.75, 3.05) is 60.1 Å². The first-order chi connectivity index (χ1) is 22.0. The van der Waals surface area contributed by atoms with Crippen LogP contribution in [0.5, 0.6) is 28.7 Å². The minimum absolute atomic E-state index is 0.694. The van der Waals surface area contributed by atoms with Crippen LogP contribution < -0.4 is 33.2 Å². The molecular formula is C36H44N2O5S2+2. The SMILES string of the molecule is COc1cc(OC)c(/C=C/c2cc[n+](CCSSCC[NH+]3C=CC(/C=C/c4c(OC)cc(C)cc4OC)=CC3)cc2)c(OC)c1. The van der Waals surface area contributed by atoms with Gasteiger partial charge in [0.2, 0.25) is 0 Å². The van der Waals surface area contributed by atoms with Crippen molar-refractivity contribution >= 4 is 39.8 Å². The molecule has 2 aromatic carbocycles. The van der Waals surface area contributed by atoms with Gasteiger partial charge in [-0.3, -0.25) is 0 Å². The Labute approximate surface area is 275 Å². The molecule has 1 aliphatic rings. The number of hydrogen-bond acceptors (Lipinski definition) is 7. The Balaban J connectivity index is 1.17. The average molecular weight is 649 g/mol. The Morgan fingerprint density at radius 2 is 1.31 bits per heavy atom. The lowest BCUT2D eigenvalue weighted by Crippen LogP contribution is -3.08. The van der Waals surface area contributed by atoms with E-state index in [0.717, 1.165) is 64.9 Å². The number of nitrogens with one attached hydrogen (secondary N) is 1. The van der Waals surface area contributed by atoms with Crippen molar-refractivity contribution in [3.8, 4) is 28.7 Å². The molecule has 45 heavy (non-hydrogen) atoms. The summed E-state index contributed by atoms with van der Waals surface area (Å²) in [6, 6.07) is 12.0. The Hall–Kier alpha value is -3.79. The number of quaternary nitrogens is 1. The van der Waals surface area contributed by atoms with Gasteiger partial charge in [0.25, 0.3) is 0 Å². The molecule has 1 aromatic heterocycles. The second-order valence-electron chi connectivity index (χ2n) is 10.4. The lowest BCUT2D eigenvalue weighted by Gasteiger charge is -2.16. The molecule has 9 heteroatoms. The lowest BCUT2D eigenvalue weighted by molar-refractivity contribution is -0.838. The number of aryl methyl sites for hydroxylation is 2. The maximum atomic E-state index is 5.58. The maximum Gasteiger partial charge on any atom is 0.169 e. The normalized spacial score (nSPS) is 14.5. The second-order valence-corrected chi connectivity index (χ2v) is 13.1. The van der Waals surface area contributed by atoms with E-state index in [-0.39, 0.29) is 0 Å². The molecule has 0 bridgehead atoms. The summed E-state index contributed by atoms with van der Waals surface area (Å²) >= 11 is 0. The molecule has 0 saturated carbocycles. The highest BCUT2D eigenvalue weighted by Crippen LogP contribution is 2.35. The topological polar surface area (TPSA) is 54.5 Å². The van der Waals surface area contributed by atoms with Crippen LogP contribution in [0.15, 0.2) is 78.8 Å². The van der Waals surface area contributed by atoms with Crippen molar-refractivity contribution in [2.24, 2.45) is 0 Å². The van der Waals surface area contributed by atoms with Gasteiger partial charge in [0.1, 0.15) is 35.3 Å². The molecule has 1 aliphatic heterocycles. The number of methoxy groups -OCH3 is 5. The van der Waals surface area contributed by atoms with E-state index in [1.807, 2.05) is 58.9 Å². The average Bonchev–Trinajstić information content (AvgIpc) is 3.08. The number of pyridine rings is 1. The van der Waals surface area contributed by atoms with Gasteiger partial charge in [-0.25, -0.2) is 4.57 Å². The first-order valence-corrected chi connectivity index (χ1v) is 17.3. The van der Waals surface area contributed by atoms with Gasteiger partial charge >= 0.3 is 0 Å². The van der Waals surface area contributed by atoms with Crippen molar-refractivity contribution in [2.45, 2.75) is 13.5 Å². The molecule has 3 aromatic rings. The van der Waals surface area contributed by atoms with Crippen LogP contribution in [0.1, 0.15) is 22.3 Å². The van der Waals surface area contributed by atoms with Crippen molar-refractivity contribution in [1.82, 2.24) is 0 Å². The molecule has 1 N–H and O–H groups in total. The van der Waals surface area contributed by atoms with Crippen LogP contribution >= 0.6 is 21.6 Å². The van der Waals surface area contributed by atoms with Gasteiger partial charge in [-0.15, -0.1) is 0 Å². The van der Waals surface area contributed by atoms with E-state index < -0.39 is 0 Å². The van der Waals surface area contributed by atoms with E-state index in [1.54, 1.807) is 35.5 Å². The summed E-state index contributed by atoms with van der Waals surface area (Å²) in [6.45, 7) is 5.09. The summed E-state index contributed by atoms with van der Waals surface area (Å²) < 4.78 is 29.8. The molecule has 0 amide bonds. The summed E-state index contributed by atoms with van der Waals surface area (Å²) in [6.07, 6.45) is 19.3. The van der Waals surface area contributed by atoms with Crippen molar-refractivity contribution < 1.29 is 33.2 Å². The van der Waals surface area contributed by atoms with Crippen LogP contribution in [0, 0.1) is 6.92 Å². The predicted octanol–water partition coefficient (Wildman–Crippen LogP) is 5.93. The Morgan fingerprint density at radius 1 is 0.733 bits per heavy atom. The monoisotopic (exact) mass is 648 g/mol. The highest BCUT2D eigenvalue weighted by Gasteiger charge is 2.12. The van der Waals surface area contributed by atoms with E-state index in [2.05, 4.69) is 65.7 Å². The number of aromatic nitrogens is 1. The molecule has 7 nitrogen and oxygen atoms in total. The van der Waals surface area contributed by atoms with Crippen LogP contribution in [-0.2, 0) is 6.54 Å². The van der Waals surface area contributed by atoms with E-state index in [1.165, 1.54) is 10.5 Å². The third-order valence-electron chi connectivity index (χ3n) is 7.38. The van der Waals surface area contributed by atoms with Gasteiger partial charge in [0, 0.05) is 24.3 Å². The number of benzene rings is 2. The molecule has 0 spiro atoms. The zero-order valence-corrected chi connectivity index (χ0v) is 28.6. The van der Waals surface area contributed by atoms with Gasteiger partial charge in [-0.05, 0) is 60.1 Å². The Bertz CT molecular complexity index is 1480. The van der Waals surface area contributed by atoms with Crippen molar-refractivity contribution in [3.63, 3.8) is 0 Å². The highest BCUT2D eigenvalue weighted by atomic mass is 33.1. The number of allylic oxidation sites excluding steroid dienone is 3. The van der Waals surface area contributed by atoms with Crippen LogP contribution in [-0.4, -0.2) is 60.1 Å². The van der Waals surface area contributed by atoms with Gasteiger partial charge in [-0.2, -0.15) is 0 Å². The van der Waals surface area contributed by atoms with Crippen molar-refractivity contribution in [1.29, 1.82) is 0 Å². The van der Waals surface area contributed by atoms with E-state index in [9.17, 15) is 0 Å². The Morgan fingerprint density at radius 3 is 1.87 bits per heavy atom. The van der Waals surface area contributed by atoms with Gasteiger partial charge in [-0.1, -0.05) is 33.7 Å². The molecule has 0 aliphatic carbocycles. The number of nitrogens with zero attached hydrogens (tertiary/aromatic N) is 1. The highest BCUT2D eigenvalue weighted by molar-refractivity contribution is 8.76. The van der Waals surface area contributed by atoms with Crippen molar-refractivity contribution in [3.05, 3.63) is 101 Å². The Kier molecular flexibility index (Phi) is 13.4. The van der Waals surface area contributed by atoms with Crippen LogP contribution in [0.4, 0.5) is 0 Å². The molecule has 1 atom stereocenters. The summed E-state index contributed by atoms with van der Waals surface area (Å²) in [7, 11) is 12.2. The van der Waals surface area contributed by atoms with Gasteiger partial charge in [0.05, 0.1) is 70.9 Å². The van der Waals surface area contributed by atoms with Crippen LogP contribution in [0.2, 0.25) is 0 Å². The predicted molar refractivity (Wildman–Crippen MR) is 188 cm³/mol. The summed E-state index contributed by atoms with van der Waals surface area (Å²) in [5.41, 5.74) is 5.25. The third kappa shape index (κ3) is 9.85. The fourth-order valence-electron chi connectivity index (χ4n) is 4.86. The number of ether oxygens (including phenoxy) is 5. The van der Waals surface area contributed by atoms with E-state index in [4.69, 9.17) is 23.7 Å². The molecule has 0 fully saturated rings. The van der Waals surface area contributed by atoms with E-state index >= 15 is 0 Å². The number of rotatable bonds is 16. The lowest BCUT2D eigenvalue weighted by atomic mass is 10.1. The molecule has 238 valence electrons. The number of hydrogen-bond donors (Lipinski definition) is 1. The third-order valence-corrected chi connectivity index (χ3v) is 9.76. The van der Waals surface area contributed by atoms with Gasteiger partial charge in [0.15, 0.2) is 18.9 Å². The minimum Gasteiger partial charge on any atom is -0.496 e. The second kappa shape index (κ2) is 17.6. The molecular weight excluding hydrogens is 605 g/mol. The fourth-order valence-corrected chi connectivity index (χ4v) is 6.91. The van der Waals surface area contributed by atoms with E-state index in [0.29, 0.717) is 17.2 Å². The summed E-state index contributed by atoms with van der Waals surface area (Å²) in [5, 5.41) is 0. The fraction of sp³-hybridized carbons (Fsp3) is 0.306. The zero-order chi connectivity index (χ0) is 32.0. The smallest absolute Gasteiger partial charge is 0.169 e. The van der Waals surface area contributed by atoms with Crippen LogP contribution in [0.3, 0.4) is 0 Å². The molecule has 4 rings (SSSR count). The maximum absolute atomic E-state index is 5.58. The molecule has 1 unspecified atom stereocenters. The zero-order valence-electron chi connectivity index (χ0n) is 27.0. The quantitative estimate of drug-likeness (QED) is 0.117.